The summed E-state index contributed by atoms with van der Waals surface area (Å²) < 4.78 is 0. The summed E-state index contributed by atoms with van der Waals surface area (Å²) in [5.74, 6) is 0. The first kappa shape index (κ1) is 12.4. The quantitative estimate of drug-likeness (QED) is 0.519. The summed E-state index contributed by atoms with van der Waals surface area (Å²) >= 11 is 1.32. The zero-order valence-corrected chi connectivity index (χ0v) is 10.6. The number of aryl methyl sites for hydroxylation is 1. The molecule has 2 rings (SSSR count). The van der Waals surface area contributed by atoms with Gasteiger partial charge in [-0.1, -0.05) is 30.0 Å². The van der Waals surface area contributed by atoms with Crippen LogP contribution in [0.1, 0.15) is 5.56 Å². The third-order valence-corrected chi connectivity index (χ3v) is 3.59. The Bertz CT molecular complexity index is 599. The van der Waals surface area contributed by atoms with Crippen LogP contribution in [0.4, 0.5) is 11.4 Å². The number of anilines is 1. The van der Waals surface area contributed by atoms with Gasteiger partial charge in [-0.15, -0.1) is 0 Å². The molecule has 0 saturated carbocycles. The lowest BCUT2D eigenvalue weighted by Gasteiger charge is -2.06. The minimum atomic E-state index is -0.381. The third kappa shape index (κ3) is 2.62. The maximum absolute atomic E-state index is 10.9. The number of nitrogens with zero attached hydrogens (tertiary/aromatic N) is 1. The van der Waals surface area contributed by atoms with Crippen LogP contribution in [0.2, 0.25) is 0 Å². The Morgan fingerprint density at radius 2 is 1.89 bits per heavy atom. The molecule has 4 nitrogen and oxygen atoms in total. The van der Waals surface area contributed by atoms with E-state index in [2.05, 4.69) is 0 Å². The van der Waals surface area contributed by atoms with Crippen LogP contribution < -0.4 is 5.73 Å². The molecular formula is C13H12N2O2S. The van der Waals surface area contributed by atoms with Crippen molar-refractivity contribution >= 4 is 23.1 Å². The molecule has 0 aliphatic rings. The van der Waals surface area contributed by atoms with Crippen molar-refractivity contribution in [2.75, 3.05) is 5.73 Å². The highest BCUT2D eigenvalue weighted by molar-refractivity contribution is 7.99. The number of nitro benzene ring substituents is 1. The molecule has 0 bridgehead atoms. The molecule has 2 aromatic carbocycles. The van der Waals surface area contributed by atoms with E-state index < -0.39 is 0 Å². The molecule has 18 heavy (non-hydrogen) atoms. The van der Waals surface area contributed by atoms with E-state index in [1.807, 2.05) is 25.1 Å². The van der Waals surface area contributed by atoms with Crippen LogP contribution in [0.3, 0.4) is 0 Å². The van der Waals surface area contributed by atoms with Gasteiger partial charge in [-0.3, -0.25) is 10.1 Å². The topological polar surface area (TPSA) is 69.2 Å². The summed E-state index contributed by atoms with van der Waals surface area (Å²) in [4.78, 5) is 12.0. The minimum absolute atomic E-state index is 0.100. The van der Waals surface area contributed by atoms with Gasteiger partial charge in [-0.25, -0.2) is 0 Å². The predicted octanol–water partition coefficient (Wildman–Crippen LogP) is 3.64. The smallest absolute Gasteiger partial charge is 0.283 e. The summed E-state index contributed by atoms with van der Waals surface area (Å²) in [5.41, 5.74) is 7.68. The minimum Gasteiger partial charge on any atom is -0.398 e. The Morgan fingerprint density at radius 1 is 1.17 bits per heavy atom. The molecule has 0 atom stereocenters. The lowest BCUT2D eigenvalue weighted by Crippen LogP contribution is -1.92. The number of hydrogen-bond acceptors (Lipinski definition) is 4. The number of nitro groups is 1. The van der Waals surface area contributed by atoms with Gasteiger partial charge in [0, 0.05) is 16.6 Å². The molecule has 5 heteroatoms. The highest BCUT2D eigenvalue weighted by atomic mass is 32.2. The fraction of sp³-hybridized carbons (Fsp3) is 0.0769. The second-order valence-corrected chi connectivity index (χ2v) is 4.95. The van der Waals surface area contributed by atoms with Gasteiger partial charge in [-0.2, -0.15) is 0 Å². The Hall–Kier alpha value is -2.01. The van der Waals surface area contributed by atoms with E-state index in [-0.39, 0.29) is 10.6 Å². The zero-order valence-electron chi connectivity index (χ0n) is 9.79. The van der Waals surface area contributed by atoms with E-state index in [0.29, 0.717) is 10.6 Å². The SMILES string of the molecule is Cc1ccc(N)c(Sc2ccccc2[N+](=O)[O-])c1. The van der Waals surface area contributed by atoms with E-state index >= 15 is 0 Å². The first-order valence-electron chi connectivity index (χ1n) is 5.35. The number of nitrogens with two attached hydrogens (primary N) is 1. The van der Waals surface area contributed by atoms with Crippen molar-refractivity contribution in [2.45, 2.75) is 16.7 Å². The van der Waals surface area contributed by atoms with E-state index in [9.17, 15) is 10.1 Å². The highest BCUT2D eigenvalue weighted by Gasteiger charge is 2.14. The molecular weight excluding hydrogens is 248 g/mol. The van der Waals surface area contributed by atoms with Crippen LogP contribution in [-0.2, 0) is 0 Å². The molecule has 0 spiro atoms. The van der Waals surface area contributed by atoms with E-state index in [1.54, 1.807) is 18.2 Å². The predicted molar refractivity (Wildman–Crippen MR) is 72.8 cm³/mol. The normalized spacial score (nSPS) is 10.3. The van der Waals surface area contributed by atoms with Gasteiger partial charge in [0.1, 0.15) is 0 Å². The van der Waals surface area contributed by atoms with Crippen molar-refractivity contribution in [1.29, 1.82) is 0 Å². The number of rotatable bonds is 3. The number of nitrogen functional groups attached to an aromatic ring is 1. The first-order chi connectivity index (χ1) is 8.58. The molecule has 0 aliphatic heterocycles. The molecule has 0 heterocycles. The first-order valence-corrected chi connectivity index (χ1v) is 6.17. The van der Waals surface area contributed by atoms with Crippen LogP contribution in [0, 0.1) is 17.0 Å². The van der Waals surface area contributed by atoms with E-state index in [0.717, 1.165) is 10.5 Å². The fourth-order valence-electron chi connectivity index (χ4n) is 1.54. The van der Waals surface area contributed by atoms with Crippen LogP contribution in [-0.4, -0.2) is 4.92 Å². The molecule has 0 saturated heterocycles. The molecule has 92 valence electrons. The molecule has 0 radical (unpaired) electrons. The Kier molecular flexibility index (Phi) is 3.53. The van der Waals surface area contributed by atoms with Gasteiger partial charge < -0.3 is 5.73 Å². The summed E-state index contributed by atoms with van der Waals surface area (Å²) in [6.07, 6.45) is 0. The summed E-state index contributed by atoms with van der Waals surface area (Å²) in [6, 6.07) is 12.3. The van der Waals surface area contributed by atoms with Crippen molar-refractivity contribution in [2.24, 2.45) is 0 Å². The van der Waals surface area contributed by atoms with Crippen LogP contribution >= 0.6 is 11.8 Å². The van der Waals surface area contributed by atoms with Gasteiger partial charge >= 0.3 is 0 Å². The van der Waals surface area contributed by atoms with Gasteiger partial charge in [0.05, 0.1) is 9.82 Å². The van der Waals surface area contributed by atoms with Crippen LogP contribution in [0.15, 0.2) is 52.3 Å². The average molecular weight is 260 g/mol. The molecule has 2 N–H and O–H groups in total. The molecule has 2 aromatic rings. The summed E-state index contributed by atoms with van der Waals surface area (Å²) in [6.45, 7) is 1.96. The lowest BCUT2D eigenvalue weighted by molar-refractivity contribution is -0.387. The van der Waals surface area contributed by atoms with Crippen molar-refractivity contribution < 1.29 is 4.92 Å². The van der Waals surface area contributed by atoms with E-state index in [1.165, 1.54) is 17.8 Å². The Labute approximate surface area is 109 Å². The standard InChI is InChI=1S/C13H12N2O2S/c1-9-6-7-10(14)13(8-9)18-12-5-3-2-4-11(12)15(16)17/h2-8H,14H2,1H3. The molecule has 0 aliphatic carbocycles. The van der Waals surface area contributed by atoms with Gasteiger partial charge in [0.25, 0.3) is 5.69 Å². The van der Waals surface area contributed by atoms with Crippen molar-refractivity contribution in [3.8, 4) is 0 Å². The van der Waals surface area contributed by atoms with Crippen molar-refractivity contribution in [3.63, 3.8) is 0 Å². The number of para-hydroxylation sites is 1. The monoisotopic (exact) mass is 260 g/mol. The molecule has 0 amide bonds. The van der Waals surface area contributed by atoms with Crippen molar-refractivity contribution in [3.05, 3.63) is 58.1 Å². The fourth-order valence-corrected chi connectivity index (χ4v) is 2.60. The molecule has 0 fully saturated rings. The lowest BCUT2D eigenvalue weighted by atomic mass is 10.2. The average Bonchev–Trinajstić information content (AvgIpc) is 2.34. The number of benzene rings is 2. The third-order valence-electron chi connectivity index (χ3n) is 2.45. The van der Waals surface area contributed by atoms with Crippen LogP contribution in [0.5, 0.6) is 0 Å². The van der Waals surface area contributed by atoms with Crippen LogP contribution in [0.25, 0.3) is 0 Å². The van der Waals surface area contributed by atoms with Gasteiger partial charge in [0.15, 0.2) is 0 Å². The zero-order chi connectivity index (χ0) is 13.1. The largest absolute Gasteiger partial charge is 0.398 e. The van der Waals surface area contributed by atoms with Crippen molar-refractivity contribution in [1.82, 2.24) is 0 Å². The Balaban J connectivity index is 2.40. The van der Waals surface area contributed by atoms with E-state index in [4.69, 9.17) is 5.73 Å². The highest BCUT2D eigenvalue weighted by Crippen LogP contribution is 2.37. The molecule has 0 unspecified atom stereocenters. The number of hydrogen-bond donors (Lipinski definition) is 1. The van der Waals surface area contributed by atoms with Gasteiger partial charge in [-0.05, 0) is 30.7 Å². The van der Waals surface area contributed by atoms with Gasteiger partial charge in [0.2, 0.25) is 0 Å². The summed E-state index contributed by atoms with van der Waals surface area (Å²) in [7, 11) is 0. The maximum atomic E-state index is 10.9. The summed E-state index contributed by atoms with van der Waals surface area (Å²) in [5, 5.41) is 10.9. The maximum Gasteiger partial charge on any atom is 0.283 e. The Morgan fingerprint density at radius 3 is 2.61 bits per heavy atom. The second-order valence-electron chi connectivity index (χ2n) is 3.87. The second kappa shape index (κ2) is 5.10. The molecule has 0 aromatic heterocycles.